The van der Waals surface area contributed by atoms with Crippen LogP contribution in [0.5, 0.6) is 0 Å². The summed E-state index contributed by atoms with van der Waals surface area (Å²) in [6, 6.07) is 8.67. The number of hydrogen-bond acceptors (Lipinski definition) is 6. The molecule has 0 unspecified atom stereocenters. The number of primary amides is 1. The first-order chi connectivity index (χ1) is 13.5. The van der Waals surface area contributed by atoms with Gasteiger partial charge in [-0.1, -0.05) is 19.1 Å². The van der Waals surface area contributed by atoms with E-state index in [9.17, 15) is 9.59 Å². The van der Waals surface area contributed by atoms with Gasteiger partial charge in [0.15, 0.2) is 0 Å². The molecule has 0 spiro atoms. The summed E-state index contributed by atoms with van der Waals surface area (Å²) in [6.07, 6.45) is 3.01. The minimum absolute atomic E-state index is 0.129. The summed E-state index contributed by atoms with van der Waals surface area (Å²) >= 11 is 0. The van der Waals surface area contributed by atoms with Crippen LogP contribution < -0.4 is 16.2 Å². The lowest BCUT2D eigenvalue weighted by atomic mass is 10.1. The summed E-state index contributed by atoms with van der Waals surface area (Å²) < 4.78 is 0. The molecule has 2 aromatic heterocycles. The van der Waals surface area contributed by atoms with Gasteiger partial charge in [-0.25, -0.2) is 15.0 Å². The summed E-state index contributed by atoms with van der Waals surface area (Å²) in [6.45, 7) is 3.25. The van der Waals surface area contributed by atoms with Crippen LogP contribution in [0.2, 0.25) is 0 Å². The molecule has 1 amide bonds. The van der Waals surface area contributed by atoms with Gasteiger partial charge in [0.25, 0.3) is 5.56 Å². The zero-order chi connectivity index (χ0) is 19.7. The van der Waals surface area contributed by atoms with Crippen LogP contribution in [0.4, 0.5) is 5.82 Å². The van der Waals surface area contributed by atoms with Crippen molar-refractivity contribution >= 4 is 11.7 Å². The molecule has 1 aliphatic rings. The van der Waals surface area contributed by atoms with Gasteiger partial charge in [-0.05, 0) is 25.0 Å². The molecule has 28 heavy (non-hydrogen) atoms. The van der Waals surface area contributed by atoms with Crippen molar-refractivity contribution in [2.45, 2.75) is 26.3 Å². The minimum atomic E-state index is -0.495. The Bertz CT molecular complexity index is 1090. The number of amides is 1. The van der Waals surface area contributed by atoms with E-state index >= 15 is 0 Å². The normalized spacial score (nSPS) is 13.2. The molecular formula is C20H20N6O2. The largest absolute Gasteiger partial charge is 0.366 e. The Hall–Kier alpha value is -3.55. The number of fused-ring (bicyclic) bond motifs is 1. The van der Waals surface area contributed by atoms with Crippen LogP contribution in [0.15, 0.2) is 41.5 Å². The van der Waals surface area contributed by atoms with E-state index in [1.165, 1.54) is 0 Å². The summed E-state index contributed by atoms with van der Waals surface area (Å²) in [7, 11) is 0. The second-order valence-corrected chi connectivity index (χ2v) is 6.67. The van der Waals surface area contributed by atoms with Gasteiger partial charge in [-0.15, -0.1) is 0 Å². The Balaban J connectivity index is 1.67. The molecule has 0 bridgehead atoms. The Kier molecular flexibility index (Phi) is 4.60. The fourth-order valence-corrected chi connectivity index (χ4v) is 3.32. The molecule has 1 aromatic carbocycles. The number of nitrogens with one attached hydrogen (secondary N) is 1. The zero-order valence-electron chi connectivity index (χ0n) is 15.5. The van der Waals surface area contributed by atoms with Gasteiger partial charge in [-0.2, -0.15) is 0 Å². The highest BCUT2D eigenvalue weighted by Gasteiger charge is 2.22. The third kappa shape index (κ3) is 3.36. The van der Waals surface area contributed by atoms with E-state index in [2.05, 4.69) is 31.8 Å². The summed E-state index contributed by atoms with van der Waals surface area (Å²) in [5.74, 6) is 0.816. The molecule has 0 atom stereocenters. The van der Waals surface area contributed by atoms with Gasteiger partial charge in [-0.3, -0.25) is 9.59 Å². The average molecular weight is 376 g/mol. The number of rotatable bonds is 4. The van der Waals surface area contributed by atoms with Gasteiger partial charge in [0.05, 0.1) is 12.2 Å². The lowest BCUT2D eigenvalue weighted by Gasteiger charge is -2.28. The van der Waals surface area contributed by atoms with Crippen LogP contribution in [-0.4, -0.2) is 32.4 Å². The molecule has 8 heteroatoms. The predicted molar refractivity (Wildman–Crippen MR) is 105 cm³/mol. The molecule has 4 rings (SSSR count). The van der Waals surface area contributed by atoms with Crippen molar-refractivity contribution in [3.05, 3.63) is 69.5 Å². The van der Waals surface area contributed by atoms with E-state index in [1.807, 2.05) is 6.07 Å². The number of aromatic amines is 1. The van der Waals surface area contributed by atoms with Crippen LogP contribution in [0.3, 0.4) is 0 Å². The Morgan fingerprint density at radius 1 is 1.25 bits per heavy atom. The second-order valence-electron chi connectivity index (χ2n) is 6.67. The highest BCUT2D eigenvalue weighted by Crippen LogP contribution is 2.22. The lowest BCUT2D eigenvalue weighted by molar-refractivity contribution is 0.100. The molecule has 3 heterocycles. The highest BCUT2D eigenvalue weighted by atomic mass is 16.1. The first-order valence-electron chi connectivity index (χ1n) is 9.13. The van der Waals surface area contributed by atoms with Gasteiger partial charge in [0.1, 0.15) is 18.0 Å². The van der Waals surface area contributed by atoms with E-state index in [1.54, 1.807) is 30.6 Å². The topological polar surface area (TPSA) is 118 Å². The standard InChI is InChI=1S/C20H20N6O2/c1-2-14-9-17(23-11-22-14)26-8-7-15-16(10-26)24-19(25-20(15)28)13-5-3-12(4-6-13)18(21)27/h3-6,9,11H,2,7-8,10H2,1H3,(H2,21,27)(H,24,25,28). The second kappa shape index (κ2) is 7.22. The van der Waals surface area contributed by atoms with Crippen molar-refractivity contribution in [1.82, 2.24) is 19.9 Å². The third-order valence-corrected chi connectivity index (χ3v) is 4.91. The maximum atomic E-state index is 12.6. The molecule has 0 fully saturated rings. The predicted octanol–water partition coefficient (Wildman–Crippen LogP) is 1.45. The number of nitrogens with two attached hydrogens (primary N) is 1. The van der Waals surface area contributed by atoms with Crippen LogP contribution in [0.25, 0.3) is 11.4 Å². The van der Waals surface area contributed by atoms with Crippen LogP contribution in [0, 0.1) is 0 Å². The zero-order valence-corrected chi connectivity index (χ0v) is 15.5. The van der Waals surface area contributed by atoms with E-state index < -0.39 is 5.91 Å². The molecule has 0 saturated heterocycles. The van der Waals surface area contributed by atoms with E-state index in [4.69, 9.17) is 5.73 Å². The summed E-state index contributed by atoms with van der Waals surface area (Å²) in [4.78, 5) is 42.1. The van der Waals surface area contributed by atoms with E-state index in [-0.39, 0.29) is 5.56 Å². The number of anilines is 1. The van der Waals surface area contributed by atoms with Gasteiger partial charge < -0.3 is 15.6 Å². The summed E-state index contributed by atoms with van der Waals surface area (Å²) in [5.41, 5.74) is 8.70. The molecule has 3 N–H and O–H groups in total. The van der Waals surface area contributed by atoms with Crippen molar-refractivity contribution in [2.24, 2.45) is 5.73 Å². The van der Waals surface area contributed by atoms with E-state index in [0.29, 0.717) is 36.5 Å². The van der Waals surface area contributed by atoms with Crippen molar-refractivity contribution < 1.29 is 4.79 Å². The molecular weight excluding hydrogens is 356 g/mol. The number of aromatic nitrogens is 4. The Morgan fingerprint density at radius 2 is 2.04 bits per heavy atom. The number of H-pyrrole nitrogens is 1. The van der Waals surface area contributed by atoms with Gasteiger partial charge in [0.2, 0.25) is 5.91 Å². The maximum Gasteiger partial charge on any atom is 0.254 e. The monoisotopic (exact) mass is 376 g/mol. The number of nitrogens with zero attached hydrogens (tertiary/aromatic N) is 4. The first-order valence-corrected chi connectivity index (χ1v) is 9.13. The van der Waals surface area contributed by atoms with Crippen LogP contribution in [0.1, 0.15) is 34.2 Å². The van der Waals surface area contributed by atoms with Crippen molar-refractivity contribution in [2.75, 3.05) is 11.4 Å². The maximum absolute atomic E-state index is 12.6. The van der Waals surface area contributed by atoms with Crippen molar-refractivity contribution in [1.29, 1.82) is 0 Å². The molecule has 0 radical (unpaired) electrons. The molecule has 3 aromatic rings. The molecule has 8 nitrogen and oxygen atoms in total. The average Bonchev–Trinajstić information content (AvgIpc) is 2.73. The minimum Gasteiger partial charge on any atom is -0.366 e. The Morgan fingerprint density at radius 3 is 2.75 bits per heavy atom. The fourth-order valence-electron chi connectivity index (χ4n) is 3.32. The van der Waals surface area contributed by atoms with Gasteiger partial charge in [0, 0.05) is 35.0 Å². The number of benzene rings is 1. The molecule has 142 valence electrons. The molecule has 1 aliphatic heterocycles. The number of hydrogen-bond donors (Lipinski definition) is 2. The summed E-state index contributed by atoms with van der Waals surface area (Å²) in [5, 5.41) is 0. The molecule has 0 saturated carbocycles. The smallest absolute Gasteiger partial charge is 0.254 e. The quantitative estimate of drug-likeness (QED) is 0.712. The SMILES string of the molecule is CCc1cc(N2CCc3c(nc(-c4ccc(C(N)=O)cc4)[nH]c3=O)C2)ncn1. The lowest BCUT2D eigenvalue weighted by Crippen LogP contribution is -2.36. The van der Waals surface area contributed by atoms with Crippen molar-refractivity contribution in [3.63, 3.8) is 0 Å². The van der Waals surface area contributed by atoms with Crippen LogP contribution >= 0.6 is 0 Å². The van der Waals surface area contributed by atoms with Gasteiger partial charge >= 0.3 is 0 Å². The first kappa shape index (κ1) is 17.8. The Labute approximate surface area is 161 Å². The van der Waals surface area contributed by atoms with Crippen LogP contribution in [-0.2, 0) is 19.4 Å². The van der Waals surface area contributed by atoms with E-state index in [0.717, 1.165) is 29.2 Å². The fraction of sp³-hybridized carbons (Fsp3) is 0.250. The highest BCUT2D eigenvalue weighted by molar-refractivity contribution is 5.93. The number of aryl methyl sites for hydroxylation is 1. The van der Waals surface area contributed by atoms with Crippen molar-refractivity contribution in [3.8, 4) is 11.4 Å². The number of carbonyl (C=O) groups is 1. The number of carbonyl (C=O) groups excluding carboxylic acids is 1. The third-order valence-electron chi connectivity index (χ3n) is 4.91. The molecule has 0 aliphatic carbocycles.